The lowest BCUT2D eigenvalue weighted by Gasteiger charge is -2.18. The van der Waals surface area contributed by atoms with Crippen molar-refractivity contribution in [3.8, 4) is 0 Å². The van der Waals surface area contributed by atoms with E-state index in [0.717, 1.165) is 0 Å². The van der Waals surface area contributed by atoms with Crippen LogP contribution in [0.5, 0.6) is 0 Å². The third-order valence-electron chi connectivity index (χ3n) is 2.58. The molecule has 0 spiro atoms. The molecule has 1 aromatic carbocycles. The van der Waals surface area contributed by atoms with Gasteiger partial charge in [0.15, 0.2) is 5.60 Å². The maximum Gasteiger partial charge on any atom is 0.261 e. The summed E-state index contributed by atoms with van der Waals surface area (Å²) in [7, 11) is 0. The zero-order valence-electron chi connectivity index (χ0n) is 8.58. The predicted octanol–water partition coefficient (Wildman–Crippen LogP) is 1.46. The highest BCUT2D eigenvalue weighted by Gasteiger charge is 2.46. The summed E-state index contributed by atoms with van der Waals surface area (Å²) in [5, 5.41) is 13.1. The van der Waals surface area contributed by atoms with Gasteiger partial charge in [-0.05, 0) is 13.0 Å². The van der Waals surface area contributed by atoms with Gasteiger partial charge in [-0.3, -0.25) is 9.59 Å². The van der Waals surface area contributed by atoms with Crippen molar-refractivity contribution < 1.29 is 14.7 Å². The Balaban J connectivity index is 2.55. The van der Waals surface area contributed by atoms with Gasteiger partial charge in [-0.1, -0.05) is 23.7 Å². The normalized spacial score (nSPS) is 22.8. The molecule has 1 aliphatic rings. The molecule has 1 aromatic rings. The lowest BCUT2D eigenvalue weighted by Crippen LogP contribution is -2.35. The molecule has 5 heteroatoms. The number of nitrogens with one attached hydrogen (secondary N) is 1. The fourth-order valence-electron chi connectivity index (χ4n) is 1.87. The number of aliphatic hydroxyl groups is 1. The standard InChI is InChI=1S/C11H10ClNO3/c1-6(14)5-11(16)7-3-2-4-8(12)9(7)13-10(11)15/h2-4,16H,5H2,1H3,(H,13,15)/t11-/m1/s1. The first kappa shape index (κ1) is 11.1. The van der Waals surface area contributed by atoms with Crippen molar-refractivity contribution in [1.29, 1.82) is 0 Å². The first-order chi connectivity index (χ1) is 7.45. The molecule has 1 aliphatic heterocycles. The third-order valence-corrected chi connectivity index (χ3v) is 2.89. The Kier molecular flexibility index (Phi) is 2.48. The molecular weight excluding hydrogens is 230 g/mol. The van der Waals surface area contributed by atoms with E-state index in [2.05, 4.69) is 5.32 Å². The molecule has 0 unspecified atom stereocenters. The van der Waals surface area contributed by atoms with Gasteiger partial charge in [0, 0.05) is 12.0 Å². The number of carbonyl (C=O) groups is 2. The Hall–Kier alpha value is -1.39. The van der Waals surface area contributed by atoms with Crippen molar-refractivity contribution in [2.75, 3.05) is 5.32 Å². The van der Waals surface area contributed by atoms with Gasteiger partial charge in [0.1, 0.15) is 5.78 Å². The summed E-state index contributed by atoms with van der Waals surface area (Å²) in [6, 6.07) is 4.83. The van der Waals surface area contributed by atoms with E-state index >= 15 is 0 Å². The molecule has 0 aliphatic carbocycles. The maximum atomic E-state index is 11.7. The zero-order valence-corrected chi connectivity index (χ0v) is 9.34. The van der Waals surface area contributed by atoms with Gasteiger partial charge in [-0.25, -0.2) is 0 Å². The molecule has 1 heterocycles. The Morgan fingerprint density at radius 2 is 2.25 bits per heavy atom. The van der Waals surface area contributed by atoms with Crippen LogP contribution in [-0.2, 0) is 15.2 Å². The number of amides is 1. The Morgan fingerprint density at radius 1 is 1.56 bits per heavy atom. The fourth-order valence-corrected chi connectivity index (χ4v) is 2.09. The number of fused-ring (bicyclic) bond motifs is 1. The summed E-state index contributed by atoms with van der Waals surface area (Å²) in [4.78, 5) is 22.7. The smallest absolute Gasteiger partial charge is 0.261 e. The lowest BCUT2D eigenvalue weighted by molar-refractivity contribution is -0.139. The highest BCUT2D eigenvalue weighted by Crippen LogP contribution is 2.41. The van der Waals surface area contributed by atoms with E-state index in [9.17, 15) is 14.7 Å². The first-order valence-corrected chi connectivity index (χ1v) is 5.15. The Labute approximate surface area is 97.2 Å². The van der Waals surface area contributed by atoms with Crippen LogP contribution in [-0.4, -0.2) is 16.8 Å². The van der Waals surface area contributed by atoms with Crippen molar-refractivity contribution in [1.82, 2.24) is 0 Å². The number of hydrogen-bond acceptors (Lipinski definition) is 3. The van der Waals surface area contributed by atoms with E-state index in [1.165, 1.54) is 6.92 Å². The number of anilines is 1. The number of ketones is 1. The summed E-state index contributed by atoms with van der Waals surface area (Å²) >= 11 is 5.89. The van der Waals surface area contributed by atoms with E-state index in [0.29, 0.717) is 16.3 Å². The van der Waals surface area contributed by atoms with Crippen LogP contribution < -0.4 is 5.32 Å². The van der Waals surface area contributed by atoms with Crippen LogP contribution in [0, 0.1) is 0 Å². The molecule has 2 N–H and O–H groups in total. The molecule has 16 heavy (non-hydrogen) atoms. The molecule has 0 bridgehead atoms. The van der Waals surface area contributed by atoms with Crippen molar-refractivity contribution in [2.45, 2.75) is 18.9 Å². The van der Waals surface area contributed by atoms with E-state index < -0.39 is 11.5 Å². The maximum absolute atomic E-state index is 11.7. The molecular formula is C11H10ClNO3. The van der Waals surface area contributed by atoms with Gasteiger partial charge < -0.3 is 10.4 Å². The first-order valence-electron chi connectivity index (χ1n) is 4.77. The Bertz CT molecular complexity index is 486. The summed E-state index contributed by atoms with van der Waals surface area (Å²) in [6.45, 7) is 1.33. The minimum absolute atomic E-state index is 0.244. The van der Waals surface area contributed by atoms with Gasteiger partial charge in [0.05, 0.1) is 10.7 Å². The number of benzene rings is 1. The topological polar surface area (TPSA) is 66.4 Å². The molecule has 1 atom stereocenters. The van der Waals surface area contributed by atoms with Crippen molar-refractivity contribution in [3.05, 3.63) is 28.8 Å². The molecule has 0 saturated carbocycles. The number of Topliss-reactive ketones (excluding diaryl/α,β-unsaturated/α-hetero) is 1. The molecule has 0 aromatic heterocycles. The lowest BCUT2D eigenvalue weighted by atomic mass is 9.90. The van der Waals surface area contributed by atoms with Crippen molar-refractivity contribution in [3.63, 3.8) is 0 Å². The quantitative estimate of drug-likeness (QED) is 0.821. The van der Waals surface area contributed by atoms with E-state index in [1.54, 1.807) is 18.2 Å². The summed E-state index contributed by atoms with van der Waals surface area (Å²) in [6.07, 6.45) is -0.244. The van der Waals surface area contributed by atoms with Gasteiger partial charge in [0.25, 0.3) is 5.91 Å². The van der Waals surface area contributed by atoms with Crippen LogP contribution in [0.2, 0.25) is 5.02 Å². The number of carbonyl (C=O) groups excluding carboxylic acids is 2. The second-order valence-electron chi connectivity index (χ2n) is 3.86. The largest absolute Gasteiger partial charge is 0.375 e. The second kappa shape index (κ2) is 3.57. The molecule has 0 saturated heterocycles. The third kappa shape index (κ3) is 1.50. The van der Waals surface area contributed by atoms with Crippen LogP contribution in [0.15, 0.2) is 18.2 Å². The minimum atomic E-state index is -1.79. The molecule has 0 fully saturated rings. The number of rotatable bonds is 2. The van der Waals surface area contributed by atoms with Gasteiger partial charge >= 0.3 is 0 Å². The zero-order chi connectivity index (χ0) is 11.9. The summed E-state index contributed by atoms with van der Waals surface area (Å²) in [5.74, 6) is -0.865. The van der Waals surface area contributed by atoms with Crippen LogP contribution in [0.1, 0.15) is 18.9 Å². The SMILES string of the molecule is CC(=O)C[C@]1(O)C(=O)Nc2c(Cl)cccc21. The van der Waals surface area contributed by atoms with Gasteiger partial charge in [0.2, 0.25) is 0 Å². The number of hydrogen-bond donors (Lipinski definition) is 2. The average Bonchev–Trinajstić information content (AvgIpc) is 2.41. The number of halogens is 1. The van der Waals surface area contributed by atoms with Crippen molar-refractivity contribution >= 4 is 29.0 Å². The van der Waals surface area contributed by atoms with E-state index in [1.807, 2.05) is 0 Å². The Morgan fingerprint density at radius 3 is 2.88 bits per heavy atom. The van der Waals surface area contributed by atoms with Gasteiger partial charge in [-0.15, -0.1) is 0 Å². The monoisotopic (exact) mass is 239 g/mol. The minimum Gasteiger partial charge on any atom is -0.375 e. The fraction of sp³-hybridized carbons (Fsp3) is 0.273. The molecule has 84 valence electrons. The highest BCUT2D eigenvalue weighted by molar-refractivity contribution is 6.34. The van der Waals surface area contributed by atoms with Crippen LogP contribution in [0.25, 0.3) is 0 Å². The molecule has 1 amide bonds. The molecule has 2 rings (SSSR count). The van der Waals surface area contributed by atoms with Crippen LogP contribution in [0.3, 0.4) is 0 Å². The van der Waals surface area contributed by atoms with Crippen LogP contribution >= 0.6 is 11.6 Å². The van der Waals surface area contributed by atoms with E-state index in [4.69, 9.17) is 11.6 Å². The highest BCUT2D eigenvalue weighted by atomic mass is 35.5. The van der Waals surface area contributed by atoms with Gasteiger partial charge in [-0.2, -0.15) is 0 Å². The average molecular weight is 240 g/mol. The summed E-state index contributed by atoms with van der Waals surface area (Å²) < 4.78 is 0. The van der Waals surface area contributed by atoms with E-state index in [-0.39, 0.29) is 12.2 Å². The predicted molar refractivity (Wildman–Crippen MR) is 59.3 cm³/mol. The second-order valence-corrected chi connectivity index (χ2v) is 4.26. The number of para-hydroxylation sites is 1. The molecule has 4 nitrogen and oxygen atoms in total. The molecule has 0 radical (unpaired) electrons. The summed E-state index contributed by atoms with van der Waals surface area (Å²) in [5.41, 5.74) is -1.04. The van der Waals surface area contributed by atoms with Crippen molar-refractivity contribution in [2.24, 2.45) is 0 Å². The van der Waals surface area contributed by atoms with Crippen LogP contribution in [0.4, 0.5) is 5.69 Å².